The van der Waals surface area contributed by atoms with Crippen molar-refractivity contribution in [3.05, 3.63) is 100 Å². The van der Waals surface area contributed by atoms with Gasteiger partial charge in [-0.1, -0.05) is 18.2 Å². The molecule has 0 saturated heterocycles. The molecule has 35 heavy (non-hydrogen) atoms. The second kappa shape index (κ2) is 9.37. The van der Waals surface area contributed by atoms with E-state index in [4.69, 9.17) is 4.74 Å². The van der Waals surface area contributed by atoms with Crippen LogP contribution < -0.4 is 15.2 Å². The number of carbonyl (C=O) groups is 1. The number of halogens is 3. The molecule has 0 bridgehead atoms. The van der Waals surface area contributed by atoms with E-state index < -0.39 is 29.7 Å². The molecule has 0 unspecified atom stereocenters. The van der Waals surface area contributed by atoms with E-state index in [2.05, 4.69) is 9.72 Å². The molecule has 4 rings (SSSR count). The van der Waals surface area contributed by atoms with Gasteiger partial charge in [-0.25, -0.2) is 14.2 Å². The van der Waals surface area contributed by atoms with Crippen molar-refractivity contribution in [1.29, 1.82) is 0 Å². The zero-order valence-electron chi connectivity index (χ0n) is 18.2. The summed E-state index contributed by atoms with van der Waals surface area (Å²) in [6.45, 7) is 1.40. The first-order chi connectivity index (χ1) is 16.6. The largest absolute Gasteiger partial charge is 0.573 e. The molecule has 0 amide bonds. The summed E-state index contributed by atoms with van der Waals surface area (Å²) >= 11 is 0. The quantitative estimate of drug-likeness (QED) is 0.325. The number of para-hydroxylation sites is 1. The normalized spacial score (nSPS) is 11.3. The Balaban J connectivity index is 1.64. The van der Waals surface area contributed by atoms with Gasteiger partial charge in [0.25, 0.3) is 0 Å². The molecule has 2 heterocycles. The molecule has 11 heteroatoms. The van der Waals surface area contributed by atoms with Crippen molar-refractivity contribution in [2.45, 2.75) is 19.8 Å². The number of ether oxygens (including phenoxy) is 2. The van der Waals surface area contributed by atoms with Crippen LogP contribution in [0.2, 0.25) is 0 Å². The summed E-state index contributed by atoms with van der Waals surface area (Å²) in [5.74, 6) is -1.21. The lowest BCUT2D eigenvalue weighted by atomic mass is 10.1. The van der Waals surface area contributed by atoms with E-state index in [0.717, 1.165) is 16.7 Å². The summed E-state index contributed by atoms with van der Waals surface area (Å²) in [5, 5.41) is 10.6. The number of alkyl halides is 3. The van der Waals surface area contributed by atoms with Gasteiger partial charge in [-0.3, -0.25) is 9.55 Å². The molecular weight excluding hydrogens is 467 g/mol. The molecule has 0 atom stereocenters. The van der Waals surface area contributed by atoms with E-state index in [1.165, 1.54) is 36.0 Å². The van der Waals surface area contributed by atoms with Crippen molar-refractivity contribution in [2.24, 2.45) is 0 Å². The SMILES string of the molecule is Cc1c(O)n(-c2ccc(OC(F)(F)F)cc2)c(=O)n1Cc1ccncc1C(=O)Oc1ccccc1. The van der Waals surface area contributed by atoms with Crippen LogP contribution in [0.15, 0.2) is 77.9 Å². The van der Waals surface area contributed by atoms with Crippen LogP contribution in [0.25, 0.3) is 5.69 Å². The lowest BCUT2D eigenvalue weighted by molar-refractivity contribution is -0.274. The van der Waals surface area contributed by atoms with Crippen LogP contribution in [0, 0.1) is 6.92 Å². The van der Waals surface area contributed by atoms with Crippen molar-refractivity contribution >= 4 is 5.97 Å². The van der Waals surface area contributed by atoms with Crippen LogP contribution in [0.1, 0.15) is 21.6 Å². The molecule has 180 valence electrons. The molecule has 0 aliphatic carbocycles. The zero-order chi connectivity index (χ0) is 25.2. The first kappa shape index (κ1) is 23.6. The van der Waals surface area contributed by atoms with Gasteiger partial charge in [-0.2, -0.15) is 0 Å². The lowest BCUT2D eigenvalue weighted by Gasteiger charge is -2.10. The van der Waals surface area contributed by atoms with Crippen LogP contribution in [0.4, 0.5) is 13.2 Å². The Morgan fingerprint density at radius 1 is 1.03 bits per heavy atom. The van der Waals surface area contributed by atoms with Gasteiger partial charge < -0.3 is 14.6 Å². The molecule has 0 fully saturated rings. The molecule has 0 aliphatic rings. The summed E-state index contributed by atoms with van der Waals surface area (Å²) in [6.07, 6.45) is -2.09. The lowest BCUT2D eigenvalue weighted by Crippen LogP contribution is -2.25. The number of nitrogens with zero attached hydrogens (tertiary/aromatic N) is 3. The third-order valence-electron chi connectivity index (χ3n) is 5.10. The Hall–Kier alpha value is -4.54. The fraction of sp³-hybridized carbons (Fsp3) is 0.125. The van der Waals surface area contributed by atoms with Crippen LogP contribution in [0.5, 0.6) is 17.4 Å². The first-order valence-corrected chi connectivity index (χ1v) is 10.2. The van der Waals surface area contributed by atoms with Gasteiger partial charge in [-0.05, 0) is 55.0 Å². The van der Waals surface area contributed by atoms with E-state index >= 15 is 0 Å². The Morgan fingerprint density at radius 3 is 2.37 bits per heavy atom. The van der Waals surface area contributed by atoms with E-state index in [0.29, 0.717) is 11.3 Å². The maximum Gasteiger partial charge on any atom is 0.573 e. The molecule has 0 spiro atoms. The van der Waals surface area contributed by atoms with Gasteiger partial charge in [0.05, 0.1) is 23.5 Å². The minimum atomic E-state index is -4.86. The van der Waals surface area contributed by atoms with Crippen molar-refractivity contribution in [1.82, 2.24) is 14.1 Å². The highest BCUT2D eigenvalue weighted by atomic mass is 19.4. The average molecular weight is 485 g/mol. The fourth-order valence-electron chi connectivity index (χ4n) is 3.42. The molecule has 0 saturated carbocycles. The highest BCUT2D eigenvalue weighted by Gasteiger charge is 2.31. The number of pyridine rings is 1. The number of aromatic hydroxyl groups is 1. The second-order valence-electron chi connectivity index (χ2n) is 7.39. The van der Waals surface area contributed by atoms with E-state index in [-0.39, 0.29) is 23.5 Å². The standard InChI is InChI=1S/C24H18F3N3O5/c1-15-21(31)30(17-7-9-19(10-8-17)35-24(25,26)27)23(33)29(15)14-16-11-12-28-13-20(16)22(32)34-18-5-3-2-4-6-18/h2-13,31H,14H2,1H3. The minimum Gasteiger partial charge on any atom is -0.493 e. The molecule has 0 aliphatic heterocycles. The first-order valence-electron chi connectivity index (χ1n) is 10.2. The predicted octanol–water partition coefficient (Wildman–Crippen LogP) is 4.21. The second-order valence-corrected chi connectivity index (χ2v) is 7.39. The number of carbonyl (C=O) groups excluding carboxylic acids is 1. The molecule has 4 aromatic rings. The highest BCUT2D eigenvalue weighted by Crippen LogP contribution is 2.26. The van der Waals surface area contributed by atoms with Crippen molar-refractivity contribution < 1.29 is 32.5 Å². The van der Waals surface area contributed by atoms with Gasteiger partial charge in [0, 0.05) is 12.4 Å². The Morgan fingerprint density at radius 2 is 1.71 bits per heavy atom. The minimum absolute atomic E-state index is 0.0950. The maximum atomic E-state index is 13.1. The van der Waals surface area contributed by atoms with Crippen molar-refractivity contribution in [2.75, 3.05) is 0 Å². The zero-order valence-corrected chi connectivity index (χ0v) is 18.2. The number of esters is 1. The molecule has 1 N–H and O–H groups in total. The highest BCUT2D eigenvalue weighted by molar-refractivity contribution is 5.92. The summed E-state index contributed by atoms with van der Waals surface area (Å²) in [7, 11) is 0. The summed E-state index contributed by atoms with van der Waals surface area (Å²) in [5.41, 5.74) is 0.191. The Bertz CT molecular complexity index is 1410. The van der Waals surface area contributed by atoms with Gasteiger partial charge in [0.2, 0.25) is 5.88 Å². The fourth-order valence-corrected chi connectivity index (χ4v) is 3.42. The van der Waals surface area contributed by atoms with Gasteiger partial charge in [-0.15, -0.1) is 13.2 Å². The topological polar surface area (TPSA) is 95.6 Å². The van der Waals surface area contributed by atoms with E-state index in [9.17, 15) is 27.9 Å². The molecule has 2 aromatic heterocycles. The van der Waals surface area contributed by atoms with Crippen LogP contribution >= 0.6 is 0 Å². The monoisotopic (exact) mass is 485 g/mol. The van der Waals surface area contributed by atoms with Crippen molar-refractivity contribution in [3.8, 4) is 23.1 Å². The molecule has 0 radical (unpaired) electrons. The Kier molecular flexibility index (Phi) is 6.32. The predicted molar refractivity (Wildman–Crippen MR) is 118 cm³/mol. The van der Waals surface area contributed by atoms with E-state index in [1.807, 2.05) is 0 Å². The number of benzene rings is 2. The summed E-state index contributed by atoms with van der Waals surface area (Å²) < 4.78 is 48.6. The molecule has 8 nitrogen and oxygen atoms in total. The smallest absolute Gasteiger partial charge is 0.493 e. The number of rotatable bonds is 6. The molecule has 2 aromatic carbocycles. The Labute approximate surface area is 196 Å². The number of aromatic nitrogens is 3. The van der Waals surface area contributed by atoms with Gasteiger partial charge in [0.1, 0.15) is 11.5 Å². The van der Waals surface area contributed by atoms with Gasteiger partial charge >= 0.3 is 18.0 Å². The van der Waals surface area contributed by atoms with Crippen molar-refractivity contribution in [3.63, 3.8) is 0 Å². The summed E-state index contributed by atoms with van der Waals surface area (Å²) in [4.78, 5) is 29.8. The number of hydrogen-bond donors (Lipinski definition) is 1. The molecular formula is C24H18F3N3O5. The van der Waals surface area contributed by atoms with Crippen LogP contribution in [0.3, 0.4) is 0 Å². The van der Waals surface area contributed by atoms with Gasteiger partial charge in [0.15, 0.2) is 0 Å². The number of hydrogen-bond acceptors (Lipinski definition) is 6. The third kappa shape index (κ3) is 5.18. The average Bonchev–Trinajstić information content (AvgIpc) is 3.03. The summed E-state index contributed by atoms with van der Waals surface area (Å²) in [6, 6.07) is 14.5. The third-order valence-corrected chi connectivity index (χ3v) is 5.10. The van der Waals surface area contributed by atoms with Crippen LogP contribution in [-0.4, -0.2) is 31.6 Å². The van der Waals surface area contributed by atoms with Crippen LogP contribution in [-0.2, 0) is 6.54 Å². The maximum absolute atomic E-state index is 13.1. The van der Waals surface area contributed by atoms with E-state index in [1.54, 1.807) is 36.4 Å². The number of imidazole rings is 1.